The number of rotatable bonds is 4. The minimum Gasteiger partial charge on any atom is -0.310 e. The van der Waals surface area contributed by atoms with Crippen molar-refractivity contribution in [2.45, 2.75) is 0 Å². The lowest BCUT2D eigenvalue weighted by atomic mass is 9.77. The predicted molar refractivity (Wildman–Crippen MR) is 166 cm³/mol. The minimum atomic E-state index is 1.15. The Labute approximate surface area is 228 Å². The molecule has 8 rings (SSSR count). The molecule has 0 N–H and O–H groups in total. The van der Waals surface area contributed by atoms with Gasteiger partial charge in [0.25, 0.3) is 0 Å². The maximum absolute atomic E-state index is 2.37. The molecule has 7 aromatic carbocycles. The van der Waals surface area contributed by atoms with Gasteiger partial charge in [0.15, 0.2) is 0 Å². The molecule has 0 atom stereocenters. The maximum Gasteiger partial charge on any atom is 0.0468 e. The van der Waals surface area contributed by atoms with Crippen LogP contribution in [-0.2, 0) is 0 Å². The summed E-state index contributed by atoms with van der Waals surface area (Å²) in [6.45, 7) is 0. The monoisotopic (exact) mass is 495 g/mol. The van der Waals surface area contributed by atoms with E-state index in [0.29, 0.717) is 0 Å². The summed E-state index contributed by atoms with van der Waals surface area (Å²) in [5.41, 5.74) is 11.4. The van der Waals surface area contributed by atoms with Gasteiger partial charge in [-0.15, -0.1) is 0 Å². The summed E-state index contributed by atoms with van der Waals surface area (Å²) in [6, 6.07) is 54.9. The Balaban J connectivity index is 1.22. The number of hydrogen-bond acceptors (Lipinski definition) is 1. The summed E-state index contributed by atoms with van der Waals surface area (Å²) in [7, 11) is 0. The molecule has 0 unspecified atom stereocenters. The van der Waals surface area contributed by atoms with Crippen LogP contribution >= 0.6 is 0 Å². The SMILES string of the molecule is c1ccc(-c2ccc3cc4c(cc3c2)-c2cc3ccc(N(c5ccccc5)c5ccccc5)cc3cc2-4)cc1. The highest BCUT2D eigenvalue weighted by Gasteiger charge is 2.24. The maximum atomic E-state index is 2.37. The van der Waals surface area contributed by atoms with Crippen molar-refractivity contribution in [1.29, 1.82) is 0 Å². The van der Waals surface area contributed by atoms with Gasteiger partial charge in [-0.1, -0.05) is 84.9 Å². The van der Waals surface area contributed by atoms with Crippen LogP contribution in [0.5, 0.6) is 0 Å². The van der Waals surface area contributed by atoms with Crippen LogP contribution < -0.4 is 4.90 Å². The highest BCUT2D eigenvalue weighted by Crippen LogP contribution is 2.51. The molecule has 0 radical (unpaired) electrons. The molecule has 0 bridgehead atoms. The second kappa shape index (κ2) is 8.72. The molecule has 1 heteroatoms. The van der Waals surface area contributed by atoms with Crippen molar-refractivity contribution in [3.8, 4) is 33.4 Å². The topological polar surface area (TPSA) is 3.24 Å². The van der Waals surface area contributed by atoms with E-state index in [4.69, 9.17) is 0 Å². The first-order chi connectivity index (χ1) is 19.3. The van der Waals surface area contributed by atoms with Crippen molar-refractivity contribution in [2.75, 3.05) is 4.90 Å². The highest BCUT2D eigenvalue weighted by atomic mass is 15.1. The molecular weight excluding hydrogens is 470 g/mol. The quantitative estimate of drug-likeness (QED) is 0.235. The van der Waals surface area contributed by atoms with Crippen LogP contribution in [0.2, 0.25) is 0 Å². The molecular formula is C38H25N. The molecule has 0 saturated heterocycles. The molecule has 0 aromatic heterocycles. The Morgan fingerprint density at radius 1 is 0.282 bits per heavy atom. The van der Waals surface area contributed by atoms with E-state index < -0.39 is 0 Å². The standard InChI is InChI=1S/C38H25N/c1-4-10-26(11-5-1)27-16-17-28-22-35-37(24-30(28)20-27)36-23-29-18-19-34(21-31(29)25-38(35)36)39(32-12-6-2-7-13-32)33-14-8-3-9-15-33/h1-25H. The lowest BCUT2D eigenvalue weighted by Crippen LogP contribution is -2.09. The molecule has 7 aromatic rings. The van der Waals surface area contributed by atoms with Crippen LogP contribution in [0.25, 0.3) is 54.9 Å². The van der Waals surface area contributed by atoms with Crippen molar-refractivity contribution in [2.24, 2.45) is 0 Å². The van der Waals surface area contributed by atoms with E-state index in [9.17, 15) is 0 Å². The highest BCUT2D eigenvalue weighted by molar-refractivity contribution is 6.12. The van der Waals surface area contributed by atoms with Gasteiger partial charge in [0.05, 0.1) is 0 Å². The van der Waals surface area contributed by atoms with E-state index in [-0.39, 0.29) is 0 Å². The summed E-state index contributed by atoms with van der Waals surface area (Å²) < 4.78 is 0. The van der Waals surface area contributed by atoms with Crippen LogP contribution in [0.4, 0.5) is 17.1 Å². The average molecular weight is 496 g/mol. The van der Waals surface area contributed by atoms with E-state index >= 15 is 0 Å². The van der Waals surface area contributed by atoms with Gasteiger partial charge in [-0.05, 0) is 122 Å². The molecule has 0 aliphatic heterocycles. The van der Waals surface area contributed by atoms with Gasteiger partial charge in [0, 0.05) is 17.1 Å². The van der Waals surface area contributed by atoms with Gasteiger partial charge in [-0.25, -0.2) is 0 Å². The largest absolute Gasteiger partial charge is 0.310 e. The lowest BCUT2D eigenvalue weighted by Gasteiger charge is -2.28. The Bertz CT molecular complexity index is 1950. The third kappa shape index (κ3) is 3.63. The van der Waals surface area contributed by atoms with Crippen molar-refractivity contribution in [3.63, 3.8) is 0 Å². The molecule has 1 nitrogen and oxygen atoms in total. The van der Waals surface area contributed by atoms with E-state index in [1.165, 1.54) is 54.9 Å². The second-order valence-corrected chi connectivity index (χ2v) is 10.3. The van der Waals surface area contributed by atoms with Gasteiger partial charge in [0.1, 0.15) is 0 Å². The smallest absolute Gasteiger partial charge is 0.0468 e. The number of fused-ring (bicyclic) bond motifs is 6. The molecule has 0 saturated carbocycles. The molecule has 1 aliphatic carbocycles. The Morgan fingerprint density at radius 2 is 0.744 bits per heavy atom. The molecule has 0 spiro atoms. The van der Waals surface area contributed by atoms with Crippen molar-refractivity contribution < 1.29 is 0 Å². The fraction of sp³-hybridized carbons (Fsp3) is 0. The zero-order valence-corrected chi connectivity index (χ0v) is 21.4. The van der Waals surface area contributed by atoms with E-state index in [1.54, 1.807) is 0 Å². The van der Waals surface area contributed by atoms with Gasteiger partial charge in [-0.3, -0.25) is 0 Å². The first-order valence-corrected chi connectivity index (χ1v) is 13.4. The fourth-order valence-corrected chi connectivity index (χ4v) is 5.96. The van der Waals surface area contributed by atoms with Crippen molar-refractivity contribution >= 4 is 38.6 Å². The van der Waals surface area contributed by atoms with Crippen molar-refractivity contribution in [3.05, 3.63) is 152 Å². The number of nitrogens with zero attached hydrogens (tertiary/aromatic N) is 1. The number of hydrogen-bond donors (Lipinski definition) is 0. The third-order valence-electron chi connectivity index (χ3n) is 7.91. The first kappa shape index (κ1) is 21.9. The summed E-state index contributed by atoms with van der Waals surface area (Å²) in [5.74, 6) is 0. The minimum absolute atomic E-state index is 1.15. The number of benzene rings is 7. The van der Waals surface area contributed by atoms with E-state index in [2.05, 4.69) is 157 Å². The normalized spacial score (nSPS) is 11.6. The lowest BCUT2D eigenvalue weighted by molar-refractivity contribution is 1.29. The Hall–Kier alpha value is -5.14. The second-order valence-electron chi connectivity index (χ2n) is 10.3. The number of anilines is 3. The summed E-state index contributed by atoms with van der Waals surface area (Å²) >= 11 is 0. The fourth-order valence-electron chi connectivity index (χ4n) is 5.96. The number of para-hydroxylation sites is 2. The van der Waals surface area contributed by atoms with Gasteiger partial charge >= 0.3 is 0 Å². The molecule has 1 aliphatic rings. The van der Waals surface area contributed by atoms with E-state index in [1.807, 2.05) is 0 Å². The predicted octanol–water partition coefficient (Wildman–Crippen LogP) is 10.8. The Morgan fingerprint density at radius 3 is 1.31 bits per heavy atom. The van der Waals surface area contributed by atoms with Gasteiger partial charge < -0.3 is 4.90 Å². The van der Waals surface area contributed by atoms with Crippen LogP contribution in [0.15, 0.2) is 152 Å². The van der Waals surface area contributed by atoms with Gasteiger partial charge in [0.2, 0.25) is 0 Å². The van der Waals surface area contributed by atoms with Crippen LogP contribution in [0.1, 0.15) is 0 Å². The van der Waals surface area contributed by atoms with Crippen molar-refractivity contribution in [1.82, 2.24) is 0 Å². The summed E-state index contributed by atoms with van der Waals surface area (Å²) in [6.07, 6.45) is 0. The Kier molecular flexibility index (Phi) is 4.89. The van der Waals surface area contributed by atoms with Gasteiger partial charge in [-0.2, -0.15) is 0 Å². The van der Waals surface area contributed by atoms with E-state index in [0.717, 1.165) is 17.1 Å². The summed E-state index contributed by atoms with van der Waals surface area (Å²) in [4.78, 5) is 2.32. The zero-order chi connectivity index (χ0) is 25.8. The first-order valence-electron chi connectivity index (χ1n) is 13.4. The van der Waals surface area contributed by atoms with Crippen LogP contribution in [0.3, 0.4) is 0 Å². The molecule has 0 heterocycles. The molecule has 182 valence electrons. The van der Waals surface area contributed by atoms with Crippen LogP contribution in [-0.4, -0.2) is 0 Å². The average Bonchev–Trinajstić information content (AvgIpc) is 3.01. The summed E-state index contributed by atoms with van der Waals surface area (Å²) in [5, 5.41) is 5.10. The molecule has 39 heavy (non-hydrogen) atoms. The molecule has 0 fully saturated rings. The zero-order valence-electron chi connectivity index (χ0n) is 21.4. The molecule has 0 amide bonds. The van der Waals surface area contributed by atoms with Crippen LogP contribution in [0, 0.1) is 0 Å². The third-order valence-corrected chi connectivity index (χ3v) is 7.91.